The number of pyridine rings is 1. The molecule has 0 spiro atoms. The maximum absolute atomic E-state index is 12.6. The molecule has 0 fully saturated rings. The Labute approximate surface area is 451 Å². The largest absolute Gasteiger partial charge is 0.495 e. The van der Waals surface area contributed by atoms with Crippen molar-refractivity contribution in [2.24, 2.45) is 30.7 Å². The third-order valence-electron chi connectivity index (χ3n) is 12.0. The number of hydrogen-bond acceptors (Lipinski definition) is 21. The van der Waals surface area contributed by atoms with E-state index < -0.39 is 60.9 Å². The molecule has 9 rings (SSSR count). The summed E-state index contributed by atoms with van der Waals surface area (Å²) in [4.78, 5) is 2.30. The molecule has 3 aromatic heterocycles. The van der Waals surface area contributed by atoms with Gasteiger partial charge in [-0.2, -0.15) is 44.2 Å². The first-order valence-electron chi connectivity index (χ1n) is 22.5. The van der Waals surface area contributed by atoms with Crippen LogP contribution in [-0.4, -0.2) is 85.8 Å². The molecule has 0 unspecified atom stereocenters. The number of hydrogen-bond donors (Lipinski definition) is 5. The average Bonchev–Trinajstić information content (AvgIpc) is 4.23. The SMILES string of the molecule is COc1ccc2cc(-c3c(N=Nc4ccc5cc(S(=O)(=O)O)cc(S(=O)(=O)O)c5c4)sc(N=Nc4cc(OCCCS(=O)(=O)O)c(N=Nc5c(C)c(C#N)c6nc7ccccc7n6c5O)cc4C)c3C#N)ccc2c1S(=O)(=O)O. The van der Waals surface area contributed by atoms with Gasteiger partial charge in [0.05, 0.1) is 46.8 Å². The predicted octanol–water partition coefficient (Wildman–Crippen LogP) is 11.2. The van der Waals surface area contributed by atoms with Crippen molar-refractivity contribution in [1.29, 1.82) is 10.5 Å². The number of aromatic hydroxyl groups is 1. The van der Waals surface area contributed by atoms with E-state index in [-0.39, 0.29) is 118 Å². The van der Waals surface area contributed by atoms with Crippen LogP contribution in [0.3, 0.4) is 0 Å². The minimum absolute atomic E-state index is 0.0134. The van der Waals surface area contributed by atoms with Crippen molar-refractivity contribution >= 4 is 123 Å². The molecule has 0 radical (unpaired) electrons. The van der Waals surface area contributed by atoms with Crippen molar-refractivity contribution < 1.29 is 66.5 Å². The molecule has 0 aliphatic carbocycles. The van der Waals surface area contributed by atoms with Gasteiger partial charge in [-0.05, 0) is 96.8 Å². The van der Waals surface area contributed by atoms with E-state index in [2.05, 4.69) is 47.8 Å². The fourth-order valence-corrected chi connectivity index (χ4v) is 12.0. The average molecular weight is 1170 g/mol. The number of para-hydroxylation sites is 2. The summed E-state index contributed by atoms with van der Waals surface area (Å²) in [6, 6.07) is 26.3. The fourth-order valence-electron chi connectivity index (χ4n) is 8.41. The second-order valence-corrected chi connectivity index (χ2v) is 23.8. The topological polar surface area (TPSA) is 395 Å². The molecule has 0 aliphatic rings. The Kier molecular flexibility index (Phi) is 14.6. The normalized spacial score (nSPS) is 12.7. The van der Waals surface area contributed by atoms with E-state index in [0.717, 1.165) is 23.5 Å². The van der Waals surface area contributed by atoms with E-state index in [9.17, 15) is 67.5 Å². The van der Waals surface area contributed by atoms with Gasteiger partial charge in [-0.3, -0.25) is 22.6 Å². The van der Waals surface area contributed by atoms with E-state index in [1.54, 1.807) is 38.1 Å². The van der Waals surface area contributed by atoms with Crippen molar-refractivity contribution in [2.45, 2.75) is 35.0 Å². The summed E-state index contributed by atoms with van der Waals surface area (Å²) in [5.41, 5.74) is 2.15. The highest BCUT2D eigenvalue weighted by Crippen LogP contribution is 2.50. The molecule has 0 aliphatic heterocycles. The first-order valence-corrected chi connectivity index (χ1v) is 29.2. The van der Waals surface area contributed by atoms with Crippen LogP contribution in [0.2, 0.25) is 0 Å². The lowest BCUT2D eigenvalue weighted by Gasteiger charge is -2.12. The van der Waals surface area contributed by atoms with E-state index in [4.69, 9.17) is 9.47 Å². The lowest BCUT2D eigenvalue weighted by molar-refractivity contribution is 0.317. The minimum Gasteiger partial charge on any atom is -0.495 e. The van der Waals surface area contributed by atoms with E-state index in [1.807, 2.05) is 0 Å². The lowest BCUT2D eigenvalue weighted by atomic mass is 9.99. The second-order valence-electron chi connectivity index (χ2n) is 17.1. The van der Waals surface area contributed by atoms with Gasteiger partial charge in [-0.25, -0.2) is 4.98 Å². The van der Waals surface area contributed by atoms with Gasteiger partial charge in [0.2, 0.25) is 5.88 Å². The van der Waals surface area contributed by atoms with Crippen LogP contribution < -0.4 is 9.47 Å². The molecule has 79 heavy (non-hydrogen) atoms. The predicted molar refractivity (Wildman–Crippen MR) is 286 cm³/mol. The molecule has 9 aromatic rings. The molecule has 5 N–H and O–H groups in total. The number of nitrogens with zero attached hydrogens (tertiary/aromatic N) is 10. The highest BCUT2D eigenvalue weighted by molar-refractivity contribution is 7.87. The first kappa shape index (κ1) is 55.1. The Morgan fingerprint density at radius 3 is 2.06 bits per heavy atom. The summed E-state index contributed by atoms with van der Waals surface area (Å²) < 4.78 is 149. The van der Waals surface area contributed by atoms with Crippen LogP contribution in [0.1, 0.15) is 28.7 Å². The van der Waals surface area contributed by atoms with Gasteiger partial charge in [-0.15, -0.1) is 30.7 Å². The second kappa shape index (κ2) is 20.9. The van der Waals surface area contributed by atoms with Crippen LogP contribution >= 0.6 is 11.3 Å². The molecule has 3 heterocycles. The third-order valence-corrected chi connectivity index (χ3v) is 16.5. The van der Waals surface area contributed by atoms with Crippen LogP contribution in [-0.2, 0) is 40.5 Å². The van der Waals surface area contributed by atoms with E-state index >= 15 is 0 Å². The molecular weight excluding hydrogens is 1130 g/mol. The molecule has 0 bridgehead atoms. The minimum atomic E-state index is -5.10. The molecular formula is C49H36N10O15S5. The van der Waals surface area contributed by atoms with Gasteiger partial charge < -0.3 is 14.6 Å². The highest BCUT2D eigenvalue weighted by Gasteiger charge is 2.26. The number of ether oxygens (including phenoxy) is 2. The Morgan fingerprint density at radius 1 is 0.684 bits per heavy atom. The number of methoxy groups -OCH3 is 1. The van der Waals surface area contributed by atoms with Crippen LogP contribution in [0.25, 0.3) is 49.4 Å². The summed E-state index contributed by atoms with van der Waals surface area (Å²) in [6.45, 7) is 2.90. The maximum atomic E-state index is 12.6. The molecule has 0 atom stereocenters. The molecule has 0 amide bonds. The zero-order valence-corrected chi connectivity index (χ0v) is 44.8. The zero-order chi connectivity index (χ0) is 56.9. The monoisotopic (exact) mass is 1160 g/mol. The van der Waals surface area contributed by atoms with Crippen molar-refractivity contribution in [3.8, 4) is 40.6 Å². The Bertz CT molecular complexity index is 4740. The summed E-state index contributed by atoms with van der Waals surface area (Å²) >= 11 is 0.796. The molecule has 402 valence electrons. The summed E-state index contributed by atoms with van der Waals surface area (Å²) in [5, 5.41) is 58.7. The number of nitriles is 2. The number of aryl methyl sites for hydroxylation is 1. The van der Waals surface area contributed by atoms with Gasteiger partial charge in [0.25, 0.3) is 40.5 Å². The Hall–Kier alpha value is -8.69. The number of aromatic nitrogens is 2. The third kappa shape index (κ3) is 11.1. The number of rotatable bonds is 16. The number of fused-ring (bicyclic) bond motifs is 5. The maximum Gasteiger partial charge on any atom is 0.298 e. The fraction of sp³-hybridized carbons (Fsp3) is 0.122. The van der Waals surface area contributed by atoms with Crippen LogP contribution in [0, 0.1) is 36.5 Å². The van der Waals surface area contributed by atoms with Crippen LogP contribution in [0.15, 0.2) is 142 Å². The van der Waals surface area contributed by atoms with Gasteiger partial charge in [-0.1, -0.05) is 47.7 Å². The summed E-state index contributed by atoms with van der Waals surface area (Å²) in [7, 11) is -18.0. The molecule has 30 heteroatoms. The Morgan fingerprint density at radius 2 is 1.38 bits per heavy atom. The van der Waals surface area contributed by atoms with Crippen LogP contribution in [0.4, 0.5) is 32.8 Å². The zero-order valence-electron chi connectivity index (χ0n) is 40.7. The molecule has 0 saturated carbocycles. The standard InChI is InChI=1S/C49H36N10O15S5/c1-25-17-38(55-56-44-26(2)34(23-50)46-52-36-7-4-5-8-39(36)59(46)49(44)60)41(74-15-6-16-76(61,62)63)22-37(25)54-57-47-35(24-51)43(29-10-13-32-27(18-29)11-14-40(73-3)45(32)79(70,71)72)48(75-47)58-53-30-12-9-28-19-31(77(64,65)66)21-42(33(28)20-30)78(67,68)69/h4-5,7-14,17-22,60H,6,15-16H2,1-3H3,(H,61,62,63)(H,64,65,66)(H,67,68,69)(H,70,71,72). The smallest absolute Gasteiger partial charge is 0.298 e. The van der Waals surface area contributed by atoms with Gasteiger partial charge in [0.15, 0.2) is 16.3 Å². The number of benzene rings is 6. The summed E-state index contributed by atoms with van der Waals surface area (Å²) in [5.74, 6) is -1.22. The van der Waals surface area contributed by atoms with E-state index in [1.165, 1.54) is 66.1 Å². The van der Waals surface area contributed by atoms with Crippen molar-refractivity contribution in [2.75, 3.05) is 19.5 Å². The molecule has 6 aromatic carbocycles. The van der Waals surface area contributed by atoms with Gasteiger partial charge in [0, 0.05) is 28.0 Å². The number of azo groups is 3. The van der Waals surface area contributed by atoms with Gasteiger partial charge in [0.1, 0.15) is 55.2 Å². The summed E-state index contributed by atoms with van der Waals surface area (Å²) in [6.07, 6.45) is -0.175. The first-order chi connectivity index (χ1) is 37.3. The molecule has 0 saturated heterocycles. The number of thiophene rings is 1. The Balaban J connectivity index is 1.17. The van der Waals surface area contributed by atoms with Crippen molar-refractivity contribution in [3.05, 3.63) is 119 Å². The number of imidazole rings is 1. The molecule has 25 nitrogen and oxygen atoms in total. The quantitative estimate of drug-likeness (QED) is 0.0341. The van der Waals surface area contributed by atoms with Crippen LogP contribution in [0.5, 0.6) is 17.4 Å². The van der Waals surface area contributed by atoms with Gasteiger partial charge >= 0.3 is 0 Å². The van der Waals surface area contributed by atoms with Crippen molar-refractivity contribution in [1.82, 2.24) is 9.38 Å². The highest BCUT2D eigenvalue weighted by atomic mass is 32.2. The van der Waals surface area contributed by atoms with Crippen molar-refractivity contribution in [3.63, 3.8) is 0 Å². The van der Waals surface area contributed by atoms with E-state index in [0.29, 0.717) is 22.7 Å². The lowest BCUT2D eigenvalue weighted by Crippen LogP contribution is -2.08.